The highest BCUT2D eigenvalue weighted by molar-refractivity contribution is 5.19. The van der Waals surface area contributed by atoms with E-state index in [4.69, 9.17) is 0 Å². The van der Waals surface area contributed by atoms with E-state index in [0.29, 0.717) is 12.1 Å². The van der Waals surface area contributed by atoms with Gasteiger partial charge in [-0.25, -0.2) is 13.2 Å². The minimum atomic E-state index is -2.46. The molecule has 1 rings (SSSR count). The van der Waals surface area contributed by atoms with E-state index in [-0.39, 0.29) is 12.2 Å². The first-order valence-corrected chi connectivity index (χ1v) is 5.25. The Bertz CT molecular complexity index is 324. The van der Waals surface area contributed by atoms with Crippen molar-refractivity contribution in [2.24, 2.45) is 0 Å². The monoisotopic (exact) mass is 231 g/mol. The fraction of sp³-hybridized carbons (Fsp3) is 0.500. The van der Waals surface area contributed by atoms with Gasteiger partial charge in [0.1, 0.15) is 5.82 Å². The van der Waals surface area contributed by atoms with Crippen LogP contribution < -0.4 is 5.32 Å². The van der Waals surface area contributed by atoms with Crippen molar-refractivity contribution in [2.75, 3.05) is 6.54 Å². The van der Waals surface area contributed by atoms with Crippen LogP contribution in [0.4, 0.5) is 13.2 Å². The summed E-state index contributed by atoms with van der Waals surface area (Å²) in [6, 6.07) is 5.64. The molecule has 0 fully saturated rings. The van der Waals surface area contributed by atoms with E-state index in [0.717, 1.165) is 0 Å². The van der Waals surface area contributed by atoms with Gasteiger partial charge in [0.15, 0.2) is 0 Å². The maximum Gasteiger partial charge on any atom is 0.256 e. The molecule has 1 unspecified atom stereocenters. The highest BCUT2D eigenvalue weighted by Gasteiger charge is 2.33. The molecule has 0 aliphatic rings. The Morgan fingerprint density at radius 3 is 2.25 bits per heavy atom. The summed E-state index contributed by atoms with van der Waals surface area (Å²) in [5.74, 6) is -0.356. The average molecular weight is 231 g/mol. The average Bonchev–Trinajstić information content (AvgIpc) is 2.22. The van der Waals surface area contributed by atoms with Crippen LogP contribution in [-0.4, -0.2) is 18.5 Å². The third-order valence-electron chi connectivity index (χ3n) is 2.55. The lowest BCUT2D eigenvalue weighted by atomic mass is 9.93. The Labute approximate surface area is 93.7 Å². The Kier molecular flexibility index (Phi) is 4.35. The number of benzene rings is 1. The molecule has 90 valence electrons. The van der Waals surface area contributed by atoms with Crippen molar-refractivity contribution in [1.29, 1.82) is 0 Å². The Morgan fingerprint density at radius 2 is 1.81 bits per heavy atom. The molecule has 16 heavy (non-hydrogen) atoms. The summed E-state index contributed by atoms with van der Waals surface area (Å²) in [6.45, 7) is 3.73. The summed E-state index contributed by atoms with van der Waals surface area (Å²) in [7, 11) is 0. The predicted octanol–water partition coefficient (Wildman–Crippen LogP) is 3.00. The molecule has 0 amide bonds. The van der Waals surface area contributed by atoms with Crippen molar-refractivity contribution in [3.8, 4) is 0 Å². The van der Waals surface area contributed by atoms with Crippen molar-refractivity contribution < 1.29 is 13.2 Å². The molecule has 4 heteroatoms. The van der Waals surface area contributed by atoms with Gasteiger partial charge in [-0.3, -0.25) is 0 Å². The van der Waals surface area contributed by atoms with E-state index in [1.165, 1.54) is 31.2 Å². The number of likely N-dealkylation sites (N-methyl/N-ethyl adjacent to an activating group) is 1. The molecule has 0 aliphatic carbocycles. The van der Waals surface area contributed by atoms with Crippen LogP contribution in [0.3, 0.4) is 0 Å². The van der Waals surface area contributed by atoms with E-state index in [9.17, 15) is 13.2 Å². The number of hydrogen-bond acceptors (Lipinski definition) is 1. The second-order valence-electron chi connectivity index (χ2n) is 4.05. The standard InChI is InChI=1S/C12H16F3N/c1-3-16-12(2,11(14)15)8-9-4-6-10(13)7-5-9/h4-7,11,16H,3,8H2,1-2H3. The number of rotatable bonds is 5. The molecule has 0 heterocycles. The van der Waals surface area contributed by atoms with Gasteiger partial charge in [0, 0.05) is 0 Å². The molecular weight excluding hydrogens is 215 g/mol. The number of hydrogen-bond donors (Lipinski definition) is 1. The maximum atomic E-state index is 12.9. The van der Waals surface area contributed by atoms with Gasteiger partial charge in [-0.1, -0.05) is 19.1 Å². The molecule has 0 saturated carbocycles. The van der Waals surface area contributed by atoms with Crippen LogP contribution in [0, 0.1) is 5.82 Å². The highest BCUT2D eigenvalue weighted by Crippen LogP contribution is 2.21. The smallest absolute Gasteiger partial charge is 0.256 e. The largest absolute Gasteiger partial charge is 0.307 e. The first-order valence-electron chi connectivity index (χ1n) is 5.25. The van der Waals surface area contributed by atoms with Gasteiger partial charge >= 0.3 is 0 Å². The molecule has 0 aromatic heterocycles. The first kappa shape index (κ1) is 13.0. The van der Waals surface area contributed by atoms with Gasteiger partial charge < -0.3 is 5.32 Å². The summed E-state index contributed by atoms with van der Waals surface area (Å²) in [6.07, 6.45) is -2.28. The van der Waals surface area contributed by atoms with Crippen LogP contribution in [-0.2, 0) is 6.42 Å². The SMILES string of the molecule is CCNC(C)(Cc1ccc(F)cc1)C(F)F. The minimum absolute atomic E-state index is 0.179. The summed E-state index contributed by atoms with van der Waals surface area (Å²) >= 11 is 0. The van der Waals surface area contributed by atoms with Gasteiger partial charge in [-0.2, -0.15) is 0 Å². The molecule has 0 bridgehead atoms. The molecule has 1 N–H and O–H groups in total. The van der Waals surface area contributed by atoms with E-state index in [2.05, 4.69) is 5.32 Å². The molecule has 0 saturated heterocycles. The quantitative estimate of drug-likeness (QED) is 0.821. The molecule has 0 radical (unpaired) electrons. The van der Waals surface area contributed by atoms with E-state index in [1.54, 1.807) is 6.92 Å². The zero-order chi connectivity index (χ0) is 12.2. The van der Waals surface area contributed by atoms with Gasteiger partial charge in [0.25, 0.3) is 6.43 Å². The highest BCUT2D eigenvalue weighted by atomic mass is 19.3. The summed E-state index contributed by atoms with van der Waals surface area (Å²) in [5, 5.41) is 2.78. The lowest BCUT2D eigenvalue weighted by molar-refractivity contribution is 0.0415. The lowest BCUT2D eigenvalue weighted by Gasteiger charge is -2.29. The van der Waals surface area contributed by atoms with Gasteiger partial charge in [-0.05, 0) is 37.6 Å². The van der Waals surface area contributed by atoms with Crippen LogP contribution >= 0.6 is 0 Å². The van der Waals surface area contributed by atoms with Crippen LogP contribution in [0.25, 0.3) is 0 Å². The zero-order valence-corrected chi connectivity index (χ0v) is 9.43. The third-order valence-corrected chi connectivity index (χ3v) is 2.55. The molecule has 1 aromatic rings. The summed E-state index contributed by atoms with van der Waals surface area (Å²) in [4.78, 5) is 0. The molecule has 1 nitrogen and oxygen atoms in total. The zero-order valence-electron chi connectivity index (χ0n) is 9.43. The van der Waals surface area contributed by atoms with Gasteiger partial charge in [0.05, 0.1) is 5.54 Å². The fourth-order valence-corrected chi connectivity index (χ4v) is 1.65. The second-order valence-corrected chi connectivity index (χ2v) is 4.05. The van der Waals surface area contributed by atoms with Crippen molar-refractivity contribution in [3.05, 3.63) is 35.6 Å². The van der Waals surface area contributed by atoms with Crippen molar-refractivity contribution in [2.45, 2.75) is 32.2 Å². The Hall–Kier alpha value is -1.03. The van der Waals surface area contributed by atoms with Crippen molar-refractivity contribution in [3.63, 3.8) is 0 Å². The van der Waals surface area contributed by atoms with Crippen LogP contribution in [0.1, 0.15) is 19.4 Å². The fourth-order valence-electron chi connectivity index (χ4n) is 1.65. The lowest BCUT2D eigenvalue weighted by Crippen LogP contribution is -2.50. The van der Waals surface area contributed by atoms with Crippen molar-refractivity contribution >= 4 is 0 Å². The first-order chi connectivity index (χ1) is 7.48. The Balaban J connectivity index is 2.79. The summed E-state index contributed by atoms with van der Waals surface area (Å²) in [5.41, 5.74) is -0.558. The molecular formula is C12H16F3N. The van der Waals surface area contributed by atoms with Crippen molar-refractivity contribution in [1.82, 2.24) is 5.32 Å². The van der Waals surface area contributed by atoms with E-state index < -0.39 is 12.0 Å². The number of halogens is 3. The topological polar surface area (TPSA) is 12.0 Å². The molecule has 1 aromatic carbocycles. The molecule has 0 spiro atoms. The summed E-state index contributed by atoms with van der Waals surface area (Å²) < 4.78 is 38.5. The maximum absolute atomic E-state index is 12.9. The predicted molar refractivity (Wildman–Crippen MR) is 58.2 cm³/mol. The van der Waals surface area contributed by atoms with Crippen LogP contribution in [0.2, 0.25) is 0 Å². The second kappa shape index (κ2) is 5.34. The normalized spacial score (nSPS) is 15.1. The Morgan fingerprint density at radius 1 is 1.25 bits per heavy atom. The van der Waals surface area contributed by atoms with E-state index >= 15 is 0 Å². The molecule has 0 aliphatic heterocycles. The number of nitrogens with one attached hydrogen (secondary N) is 1. The van der Waals surface area contributed by atoms with E-state index in [1.807, 2.05) is 0 Å². The number of alkyl halides is 2. The van der Waals surface area contributed by atoms with Gasteiger partial charge in [-0.15, -0.1) is 0 Å². The molecule has 1 atom stereocenters. The van der Waals surface area contributed by atoms with Crippen LogP contribution in [0.15, 0.2) is 24.3 Å². The third kappa shape index (κ3) is 3.23. The minimum Gasteiger partial charge on any atom is -0.307 e. The van der Waals surface area contributed by atoms with Gasteiger partial charge in [0.2, 0.25) is 0 Å². The van der Waals surface area contributed by atoms with Crippen LogP contribution in [0.5, 0.6) is 0 Å².